The number of phenols is 1. The minimum Gasteiger partial charge on any atom is -0.506 e. The molecule has 0 heterocycles. The first kappa shape index (κ1) is 18.2. The molecular weight excluding hydrogens is 358 g/mol. The molecule has 0 unspecified atom stereocenters. The zero-order valence-corrected chi connectivity index (χ0v) is 12.5. The SMILES string of the molecule is Oc1cccc(/C=C/c2cc(C(F)(F)F)cc(C(F)(F)F)c2)c1Cl. The Morgan fingerprint density at radius 1 is 0.833 bits per heavy atom. The van der Waals surface area contributed by atoms with Gasteiger partial charge in [0.2, 0.25) is 0 Å². The van der Waals surface area contributed by atoms with Crippen molar-refractivity contribution >= 4 is 23.8 Å². The van der Waals surface area contributed by atoms with E-state index in [-0.39, 0.29) is 28.0 Å². The summed E-state index contributed by atoms with van der Waals surface area (Å²) in [5, 5.41) is 9.38. The summed E-state index contributed by atoms with van der Waals surface area (Å²) in [5.74, 6) is -0.251. The number of benzene rings is 2. The average Bonchev–Trinajstić information content (AvgIpc) is 2.47. The minimum atomic E-state index is -4.91. The summed E-state index contributed by atoms with van der Waals surface area (Å²) in [6.07, 6.45) is -7.54. The zero-order chi connectivity index (χ0) is 18.1. The summed E-state index contributed by atoms with van der Waals surface area (Å²) in [4.78, 5) is 0. The fraction of sp³-hybridized carbons (Fsp3) is 0.125. The monoisotopic (exact) mass is 366 g/mol. The number of halogens is 7. The third-order valence-electron chi connectivity index (χ3n) is 3.07. The van der Waals surface area contributed by atoms with Gasteiger partial charge in [0.1, 0.15) is 5.75 Å². The molecule has 0 bridgehead atoms. The van der Waals surface area contributed by atoms with Crippen LogP contribution < -0.4 is 0 Å². The lowest BCUT2D eigenvalue weighted by molar-refractivity contribution is -0.143. The van der Waals surface area contributed by atoms with Crippen molar-refractivity contribution in [3.63, 3.8) is 0 Å². The molecule has 8 heteroatoms. The number of phenolic OH excluding ortho intramolecular Hbond substituents is 1. The molecule has 24 heavy (non-hydrogen) atoms. The van der Waals surface area contributed by atoms with Gasteiger partial charge in [-0.15, -0.1) is 0 Å². The first-order valence-corrected chi connectivity index (χ1v) is 6.81. The number of rotatable bonds is 2. The van der Waals surface area contributed by atoms with E-state index in [1.807, 2.05) is 0 Å². The van der Waals surface area contributed by atoms with Gasteiger partial charge in [0.15, 0.2) is 0 Å². The second kappa shape index (κ2) is 6.39. The molecule has 2 aromatic carbocycles. The van der Waals surface area contributed by atoms with Crippen LogP contribution in [-0.4, -0.2) is 5.11 Å². The molecule has 0 fully saturated rings. The van der Waals surface area contributed by atoms with E-state index >= 15 is 0 Å². The number of alkyl halides is 6. The zero-order valence-electron chi connectivity index (χ0n) is 11.7. The number of hydrogen-bond acceptors (Lipinski definition) is 1. The Hall–Kier alpha value is -2.15. The van der Waals surface area contributed by atoms with E-state index < -0.39 is 23.5 Å². The summed E-state index contributed by atoms with van der Waals surface area (Å²) < 4.78 is 76.6. The molecular formula is C16H9ClF6O. The molecule has 2 rings (SSSR count). The third-order valence-corrected chi connectivity index (χ3v) is 3.49. The highest BCUT2D eigenvalue weighted by atomic mass is 35.5. The van der Waals surface area contributed by atoms with Crippen molar-refractivity contribution < 1.29 is 31.4 Å². The summed E-state index contributed by atoms with van der Waals surface area (Å²) in [5.41, 5.74) is -2.85. The third kappa shape index (κ3) is 4.23. The molecule has 0 atom stereocenters. The maximum Gasteiger partial charge on any atom is 0.416 e. The van der Waals surface area contributed by atoms with Gasteiger partial charge in [-0.1, -0.05) is 35.9 Å². The lowest BCUT2D eigenvalue weighted by Gasteiger charge is -2.13. The lowest BCUT2D eigenvalue weighted by atomic mass is 10.0. The average molecular weight is 367 g/mol. The van der Waals surface area contributed by atoms with Gasteiger partial charge in [0.25, 0.3) is 0 Å². The Kier molecular flexibility index (Phi) is 4.85. The quantitative estimate of drug-likeness (QED) is 0.491. The van der Waals surface area contributed by atoms with Crippen molar-refractivity contribution in [3.05, 3.63) is 63.7 Å². The van der Waals surface area contributed by atoms with Crippen LogP contribution in [0.25, 0.3) is 12.2 Å². The highest BCUT2D eigenvalue weighted by molar-refractivity contribution is 6.33. The van der Waals surface area contributed by atoms with Crippen LogP contribution in [0.1, 0.15) is 22.3 Å². The molecule has 0 aliphatic heterocycles. The van der Waals surface area contributed by atoms with Crippen LogP contribution in [0.3, 0.4) is 0 Å². The first-order chi connectivity index (χ1) is 11.0. The van der Waals surface area contributed by atoms with Crippen molar-refractivity contribution in [1.82, 2.24) is 0 Å². The molecule has 1 nitrogen and oxygen atoms in total. The molecule has 0 aromatic heterocycles. The van der Waals surface area contributed by atoms with Crippen LogP contribution in [-0.2, 0) is 12.4 Å². The fourth-order valence-corrected chi connectivity index (χ4v) is 2.12. The Morgan fingerprint density at radius 2 is 1.38 bits per heavy atom. The van der Waals surface area contributed by atoms with E-state index in [2.05, 4.69) is 0 Å². The van der Waals surface area contributed by atoms with E-state index in [0.717, 1.165) is 6.08 Å². The topological polar surface area (TPSA) is 20.2 Å². The van der Waals surface area contributed by atoms with Gasteiger partial charge in [0, 0.05) is 0 Å². The van der Waals surface area contributed by atoms with Crippen LogP contribution in [0.2, 0.25) is 5.02 Å². The second-order valence-electron chi connectivity index (χ2n) is 4.85. The Morgan fingerprint density at radius 3 is 1.88 bits per heavy atom. The van der Waals surface area contributed by atoms with Crippen molar-refractivity contribution in [2.75, 3.05) is 0 Å². The van der Waals surface area contributed by atoms with Gasteiger partial charge in [-0.3, -0.25) is 0 Å². The van der Waals surface area contributed by atoms with Crippen LogP contribution in [0.4, 0.5) is 26.3 Å². The second-order valence-corrected chi connectivity index (χ2v) is 5.23. The van der Waals surface area contributed by atoms with Gasteiger partial charge in [-0.05, 0) is 35.4 Å². The van der Waals surface area contributed by atoms with E-state index in [0.29, 0.717) is 12.1 Å². The van der Waals surface area contributed by atoms with Gasteiger partial charge in [-0.25, -0.2) is 0 Å². The first-order valence-electron chi connectivity index (χ1n) is 6.43. The smallest absolute Gasteiger partial charge is 0.416 e. The van der Waals surface area contributed by atoms with Crippen LogP contribution in [0, 0.1) is 0 Å². The predicted molar refractivity (Wildman–Crippen MR) is 78.5 cm³/mol. The number of hydrogen-bond donors (Lipinski definition) is 1. The highest BCUT2D eigenvalue weighted by Gasteiger charge is 2.36. The fourth-order valence-electron chi connectivity index (χ4n) is 1.93. The molecule has 0 spiro atoms. The standard InChI is InChI=1S/C16H9ClF6O/c17-14-10(2-1-3-13(14)24)5-4-9-6-11(15(18,19)20)8-12(7-9)16(21,22)23/h1-8,24H/b5-4+. The molecule has 2 aromatic rings. The van der Waals surface area contributed by atoms with Gasteiger partial charge >= 0.3 is 12.4 Å². The highest BCUT2D eigenvalue weighted by Crippen LogP contribution is 2.37. The minimum absolute atomic E-state index is 0.0542. The molecule has 0 saturated carbocycles. The maximum atomic E-state index is 12.8. The van der Waals surface area contributed by atoms with Gasteiger partial charge in [0.05, 0.1) is 16.1 Å². The van der Waals surface area contributed by atoms with E-state index in [1.54, 1.807) is 0 Å². The van der Waals surface area contributed by atoms with E-state index in [1.165, 1.54) is 24.3 Å². The molecule has 128 valence electrons. The summed E-state index contributed by atoms with van der Waals surface area (Å²) in [7, 11) is 0. The van der Waals surface area contributed by atoms with Crippen molar-refractivity contribution in [2.24, 2.45) is 0 Å². The van der Waals surface area contributed by atoms with Crippen molar-refractivity contribution in [3.8, 4) is 5.75 Å². The van der Waals surface area contributed by atoms with Gasteiger partial charge < -0.3 is 5.11 Å². The van der Waals surface area contributed by atoms with Crippen molar-refractivity contribution in [1.29, 1.82) is 0 Å². The van der Waals surface area contributed by atoms with E-state index in [9.17, 15) is 31.4 Å². The molecule has 0 aliphatic carbocycles. The number of aromatic hydroxyl groups is 1. The van der Waals surface area contributed by atoms with Crippen LogP contribution >= 0.6 is 11.6 Å². The van der Waals surface area contributed by atoms with Crippen LogP contribution in [0.15, 0.2) is 36.4 Å². The Labute approximate surface area is 137 Å². The summed E-state index contributed by atoms with van der Waals surface area (Å²) in [6, 6.07) is 5.44. The normalized spacial score (nSPS) is 12.8. The largest absolute Gasteiger partial charge is 0.506 e. The predicted octanol–water partition coefficient (Wildman–Crippen LogP) is 6.25. The summed E-state index contributed by atoms with van der Waals surface area (Å²) in [6.45, 7) is 0. The van der Waals surface area contributed by atoms with Gasteiger partial charge in [-0.2, -0.15) is 26.3 Å². The lowest BCUT2D eigenvalue weighted by Crippen LogP contribution is -2.11. The van der Waals surface area contributed by atoms with Crippen molar-refractivity contribution in [2.45, 2.75) is 12.4 Å². The molecule has 0 aliphatic rings. The van der Waals surface area contributed by atoms with E-state index in [4.69, 9.17) is 11.6 Å². The molecule has 1 N–H and O–H groups in total. The molecule has 0 saturated heterocycles. The molecule has 0 amide bonds. The van der Waals surface area contributed by atoms with Crippen LogP contribution in [0.5, 0.6) is 5.75 Å². The maximum absolute atomic E-state index is 12.8. The Bertz CT molecular complexity index is 745. The summed E-state index contributed by atoms with van der Waals surface area (Å²) >= 11 is 5.81. The molecule has 0 radical (unpaired) electrons. The Balaban J connectivity index is 2.50.